The summed E-state index contributed by atoms with van der Waals surface area (Å²) in [5.74, 6) is -1.37. The first kappa shape index (κ1) is 33.2. The topological polar surface area (TPSA) is 259 Å². The van der Waals surface area contributed by atoms with Crippen molar-refractivity contribution in [3.8, 4) is 28.7 Å². The van der Waals surface area contributed by atoms with E-state index in [1.165, 1.54) is 30.4 Å². The second-order valence-electron chi connectivity index (χ2n) is 11.3. The summed E-state index contributed by atoms with van der Waals surface area (Å²) in [7, 11) is 0. The largest absolute Gasteiger partial charge is 0.507 e. The molecule has 0 amide bonds. The van der Waals surface area contributed by atoms with Gasteiger partial charge in [-0.2, -0.15) is 0 Å². The van der Waals surface area contributed by atoms with E-state index in [-0.39, 0.29) is 28.6 Å². The predicted molar refractivity (Wildman–Crippen MR) is 152 cm³/mol. The first-order valence-electron chi connectivity index (χ1n) is 14.5. The van der Waals surface area contributed by atoms with Crippen molar-refractivity contribution < 1.29 is 75.1 Å². The van der Waals surface area contributed by atoms with Gasteiger partial charge in [-0.1, -0.05) is 12.1 Å². The molecule has 5 rings (SSSR count). The highest BCUT2D eigenvalue weighted by Crippen LogP contribution is 2.48. The van der Waals surface area contributed by atoms with E-state index in [0.717, 1.165) is 12.8 Å². The van der Waals surface area contributed by atoms with E-state index in [1.807, 2.05) is 0 Å². The fraction of sp³-hybridized carbons (Fsp3) is 0.533. The monoisotopic (exact) mass is 638 g/mol. The van der Waals surface area contributed by atoms with Crippen molar-refractivity contribution in [3.63, 3.8) is 0 Å². The Balaban J connectivity index is 1.44. The molecular weight excluding hydrogens is 600 g/mol. The molecule has 2 saturated heterocycles. The van der Waals surface area contributed by atoms with Crippen molar-refractivity contribution in [3.05, 3.63) is 40.5 Å². The van der Waals surface area contributed by atoms with E-state index in [1.54, 1.807) is 0 Å². The zero-order chi connectivity index (χ0) is 32.6. The van der Waals surface area contributed by atoms with Crippen molar-refractivity contribution in [1.29, 1.82) is 0 Å². The van der Waals surface area contributed by atoms with E-state index < -0.39 is 80.4 Å². The zero-order valence-corrected chi connectivity index (χ0v) is 24.0. The minimum atomic E-state index is -1.73. The van der Waals surface area contributed by atoms with Crippen LogP contribution in [0.25, 0.3) is 12.2 Å². The minimum absolute atomic E-state index is 0.0558. The highest BCUT2D eigenvalue weighted by molar-refractivity contribution is 5.80. The Morgan fingerprint density at radius 1 is 0.667 bits per heavy atom. The number of fused-ring (bicyclic) bond motifs is 1. The molecule has 2 heterocycles. The average molecular weight is 639 g/mol. The van der Waals surface area contributed by atoms with Crippen molar-refractivity contribution in [1.82, 2.24) is 0 Å². The molecule has 0 spiro atoms. The van der Waals surface area contributed by atoms with E-state index >= 15 is 0 Å². The summed E-state index contributed by atoms with van der Waals surface area (Å²) in [5, 5.41) is 113. The van der Waals surface area contributed by atoms with E-state index in [0.29, 0.717) is 29.5 Å². The van der Waals surface area contributed by atoms with Crippen LogP contribution in [0, 0.1) is 0 Å². The highest BCUT2D eigenvalue weighted by Gasteiger charge is 2.46. The third-order valence-electron chi connectivity index (χ3n) is 8.35. The SMILES string of the molecule is OC[C@H]1O[C@@H](Oc2cc(C=Cc3c(O)c4c(c(O[C@H]5O[C@H](CO)[C@@H](O)[C@H](O)[C@H]5O)c3O)CCCC4)ccc2O)[C@H](O)[C@@H](O)[C@@H]1O. The fourth-order valence-corrected chi connectivity index (χ4v) is 5.72. The van der Waals surface area contributed by atoms with Crippen LogP contribution < -0.4 is 9.47 Å². The molecule has 2 aromatic rings. The first-order valence-corrected chi connectivity index (χ1v) is 14.5. The van der Waals surface area contributed by atoms with Gasteiger partial charge in [0.15, 0.2) is 23.0 Å². The van der Waals surface area contributed by atoms with Gasteiger partial charge in [0.25, 0.3) is 0 Å². The molecule has 0 saturated carbocycles. The first-order chi connectivity index (χ1) is 21.5. The Labute approximate surface area is 257 Å². The number of phenols is 3. The van der Waals surface area contributed by atoms with E-state index in [4.69, 9.17) is 18.9 Å². The molecule has 2 fully saturated rings. The Hall–Kier alpha value is -3.22. The van der Waals surface area contributed by atoms with Gasteiger partial charge in [0, 0.05) is 11.1 Å². The quantitative estimate of drug-likeness (QED) is 0.143. The molecule has 15 nitrogen and oxygen atoms in total. The molecule has 45 heavy (non-hydrogen) atoms. The molecule has 2 aliphatic heterocycles. The second kappa shape index (κ2) is 13.6. The van der Waals surface area contributed by atoms with Crippen LogP contribution in [0.4, 0.5) is 0 Å². The van der Waals surface area contributed by atoms with Crippen molar-refractivity contribution in [2.45, 2.75) is 87.1 Å². The van der Waals surface area contributed by atoms with Crippen LogP contribution >= 0.6 is 0 Å². The molecule has 15 heteroatoms. The van der Waals surface area contributed by atoms with Crippen LogP contribution in [0.5, 0.6) is 28.7 Å². The molecule has 0 unspecified atom stereocenters. The van der Waals surface area contributed by atoms with Gasteiger partial charge in [-0.05, 0) is 49.5 Å². The maximum atomic E-state index is 11.3. The van der Waals surface area contributed by atoms with Gasteiger partial charge in [-0.15, -0.1) is 0 Å². The molecule has 248 valence electrons. The van der Waals surface area contributed by atoms with Crippen LogP contribution in [0.2, 0.25) is 0 Å². The summed E-state index contributed by atoms with van der Waals surface area (Å²) in [4.78, 5) is 0. The maximum Gasteiger partial charge on any atom is 0.229 e. The van der Waals surface area contributed by atoms with Gasteiger partial charge in [0.2, 0.25) is 12.6 Å². The lowest BCUT2D eigenvalue weighted by atomic mass is 9.87. The van der Waals surface area contributed by atoms with Crippen molar-refractivity contribution >= 4 is 12.2 Å². The molecule has 2 aromatic carbocycles. The van der Waals surface area contributed by atoms with Gasteiger partial charge in [-0.3, -0.25) is 0 Å². The predicted octanol–water partition coefficient (Wildman–Crippen LogP) is -1.79. The van der Waals surface area contributed by atoms with Crippen LogP contribution in [0.15, 0.2) is 18.2 Å². The Bertz CT molecular complexity index is 1380. The average Bonchev–Trinajstić information content (AvgIpc) is 3.04. The summed E-state index contributed by atoms with van der Waals surface area (Å²) < 4.78 is 22.2. The number of aromatic hydroxyl groups is 3. The van der Waals surface area contributed by atoms with Gasteiger partial charge in [0.05, 0.1) is 18.8 Å². The Kier molecular flexibility index (Phi) is 10.0. The smallest absolute Gasteiger partial charge is 0.229 e. The fourth-order valence-electron chi connectivity index (χ4n) is 5.72. The lowest BCUT2D eigenvalue weighted by Gasteiger charge is -2.40. The summed E-state index contributed by atoms with van der Waals surface area (Å²) in [6.07, 6.45) is -10.5. The number of aliphatic hydroxyl groups excluding tert-OH is 8. The molecule has 0 bridgehead atoms. The molecular formula is C30H38O15. The summed E-state index contributed by atoms with van der Waals surface area (Å²) >= 11 is 0. The molecule has 1 aliphatic carbocycles. The number of hydrogen-bond acceptors (Lipinski definition) is 15. The number of ether oxygens (including phenoxy) is 4. The number of phenolic OH excluding ortho intramolecular Hbond substituents is 3. The van der Waals surface area contributed by atoms with Crippen LogP contribution in [0.3, 0.4) is 0 Å². The third kappa shape index (κ3) is 6.41. The molecule has 3 aliphatic rings. The Morgan fingerprint density at radius 3 is 1.80 bits per heavy atom. The normalized spacial score (nSPS) is 33.6. The van der Waals surface area contributed by atoms with Gasteiger partial charge >= 0.3 is 0 Å². The summed E-state index contributed by atoms with van der Waals surface area (Å²) in [6.45, 7) is -1.34. The maximum absolute atomic E-state index is 11.3. The lowest BCUT2D eigenvalue weighted by Crippen LogP contribution is -2.60. The van der Waals surface area contributed by atoms with Crippen LogP contribution in [-0.4, -0.2) is 131 Å². The molecule has 11 N–H and O–H groups in total. The number of hydrogen-bond donors (Lipinski definition) is 11. The van der Waals surface area contributed by atoms with Gasteiger partial charge in [-0.25, -0.2) is 0 Å². The minimum Gasteiger partial charge on any atom is -0.507 e. The molecule has 0 radical (unpaired) electrons. The summed E-state index contributed by atoms with van der Waals surface area (Å²) in [6, 6.07) is 4.08. The second-order valence-corrected chi connectivity index (χ2v) is 11.3. The van der Waals surface area contributed by atoms with E-state index in [2.05, 4.69) is 0 Å². The number of rotatable bonds is 8. The number of benzene rings is 2. The van der Waals surface area contributed by atoms with Crippen LogP contribution in [-0.2, 0) is 22.3 Å². The van der Waals surface area contributed by atoms with Gasteiger partial charge < -0.3 is 75.1 Å². The summed E-state index contributed by atoms with van der Waals surface area (Å²) in [5.41, 5.74) is 1.29. The van der Waals surface area contributed by atoms with Crippen molar-refractivity contribution in [2.24, 2.45) is 0 Å². The molecule has 0 aromatic heterocycles. The highest BCUT2D eigenvalue weighted by atomic mass is 16.7. The van der Waals surface area contributed by atoms with E-state index in [9.17, 15) is 56.2 Å². The third-order valence-corrected chi connectivity index (χ3v) is 8.35. The standard InChI is InChI=1S/C30H38O15/c31-10-18-22(36)24(38)26(40)29(43-18)42-17-9-12(6-8-16(17)33)5-7-15-20(34)13-3-1-2-4-14(13)28(21(15)35)45-30-27(41)25(39)23(37)19(11-32)44-30/h5-9,18-19,22-27,29-41H,1-4,10-11H2/t18-,19-,22-,23-,24+,25+,26-,27-,29-,30-/m1/s1. The zero-order valence-electron chi connectivity index (χ0n) is 24.0. The van der Waals surface area contributed by atoms with Crippen molar-refractivity contribution in [2.75, 3.05) is 13.2 Å². The Morgan fingerprint density at radius 2 is 1.22 bits per heavy atom. The van der Waals surface area contributed by atoms with Gasteiger partial charge in [0.1, 0.15) is 54.6 Å². The molecule has 10 atom stereocenters. The lowest BCUT2D eigenvalue weighted by molar-refractivity contribution is -0.277. The number of aliphatic hydroxyl groups is 8. The van der Waals surface area contributed by atoms with Crippen LogP contribution in [0.1, 0.15) is 35.1 Å².